The van der Waals surface area contributed by atoms with Crippen molar-refractivity contribution in [2.24, 2.45) is 10.9 Å². The van der Waals surface area contributed by atoms with Crippen molar-refractivity contribution >= 4 is 29.9 Å². The molecule has 0 atom stereocenters. The fourth-order valence-electron chi connectivity index (χ4n) is 2.17. The molecule has 118 valence electrons. The summed E-state index contributed by atoms with van der Waals surface area (Å²) >= 11 is 0. The van der Waals surface area contributed by atoms with Crippen LogP contribution in [-0.4, -0.2) is 39.3 Å². The number of nitrogens with one attached hydrogen (secondary N) is 2. The Morgan fingerprint density at radius 3 is 2.65 bits per heavy atom. The Morgan fingerprint density at radius 2 is 2.10 bits per heavy atom. The number of guanidine groups is 1. The second-order valence-corrected chi connectivity index (χ2v) is 5.00. The van der Waals surface area contributed by atoms with Gasteiger partial charge in [0.1, 0.15) is 0 Å². The van der Waals surface area contributed by atoms with E-state index < -0.39 is 0 Å². The van der Waals surface area contributed by atoms with E-state index >= 15 is 0 Å². The molecule has 1 heterocycles. The molecule has 5 heteroatoms. The lowest BCUT2D eigenvalue weighted by Crippen LogP contribution is -2.40. The largest absolute Gasteiger partial charge is 0.377 e. The highest BCUT2D eigenvalue weighted by Crippen LogP contribution is 2.10. The quantitative estimate of drug-likeness (QED) is 0.302. The molecule has 0 aliphatic carbocycles. The van der Waals surface area contributed by atoms with Gasteiger partial charge in [0.15, 0.2) is 5.96 Å². The highest BCUT2D eigenvalue weighted by Gasteiger charge is 2.06. The van der Waals surface area contributed by atoms with Gasteiger partial charge in [-0.05, 0) is 18.8 Å². The van der Waals surface area contributed by atoms with Gasteiger partial charge in [0.05, 0.1) is 13.2 Å². The van der Waals surface area contributed by atoms with Crippen LogP contribution in [0.1, 0.15) is 39.5 Å². The van der Waals surface area contributed by atoms with Gasteiger partial charge in [-0.3, -0.25) is 4.99 Å². The molecule has 0 aromatic heterocycles. The second kappa shape index (κ2) is 12.4. The molecule has 0 fully saturated rings. The van der Waals surface area contributed by atoms with E-state index in [1.54, 1.807) is 0 Å². The van der Waals surface area contributed by atoms with E-state index in [1.165, 1.54) is 18.4 Å². The van der Waals surface area contributed by atoms with Crippen LogP contribution >= 0.6 is 24.0 Å². The number of aliphatic imine (C=N–C) groups is 1. The number of nitrogens with zero attached hydrogens (tertiary/aromatic N) is 1. The van der Waals surface area contributed by atoms with Crippen molar-refractivity contribution in [1.82, 2.24) is 10.6 Å². The third-order valence-corrected chi connectivity index (χ3v) is 3.73. The molecule has 0 radical (unpaired) electrons. The monoisotopic (exact) mass is 395 g/mol. The molecule has 0 unspecified atom stereocenters. The summed E-state index contributed by atoms with van der Waals surface area (Å²) in [6.07, 6.45) is 6.78. The molecular weight excluding hydrogens is 365 g/mol. The molecule has 0 spiro atoms. The van der Waals surface area contributed by atoms with Crippen molar-refractivity contribution in [3.63, 3.8) is 0 Å². The van der Waals surface area contributed by atoms with Gasteiger partial charge in [-0.15, -0.1) is 24.0 Å². The Bertz CT molecular complexity index is 301. The lowest BCUT2D eigenvalue weighted by atomic mass is 10.0. The van der Waals surface area contributed by atoms with Crippen LogP contribution in [0.15, 0.2) is 16.6 Å². The van der Waals surface area contributed by atoms with Gasteiger partial charge in [-0.1, -0.05) is 38.3 Å². The summed E-state index contributed by atoms with van der Waals surface area (Å²) < 4.78 is 5.31. The van der Waals surface area contributed by atoms with Crippen LogP contribution in [0, 0.1) is 5.92 Å². The summed E-state index contributed by atoms with van der Waals surface area (Å²) in [5, 5.41) is 6.78. The predicted molar refractivity (Wildman–Crippen MR) is 97.0 cm³/mol. The Hall–Kier alpha value is -0.300. The summed E-state index contributed by atoms with van der Waals surface area (Å²) in [4.78, 5) is 4.26. The standard InChI is InChI=1S/C15H29N3O.HI/c1-4-13(5-2)12-18-15(16-3)17-9-6-14-7-10-19-11-8-14;/h7,13H,4-6,8-12H2,1-3H3,(H2,16,17,18);1H. The maximum Gasteiger partial charge on any atom is 0.190 e. The van der Waals surface area contributed by atoms with Crippen molar-refractivity contribution in [3.05, 3.63) is 11.6 Å². The van der Waals surface area contributed by atoms with Crippen molar-refractivity contribution < 1.29 is 4.74 Å². The minimum Gasteiger partial charge on any atom is -0.377 e. The molecule has 1 aliphatic rings. The minimum absolute atomic E-state index is 0. The maximum atomic E-state index is 5.31. The first-order chi connectivity index (χ1) is 9.30. The first kappa shape index (κ1) is 19.7. The van der Waals surface area contributed by atoms with Gasteiger partial charge in [0, 0.05) is 20.1 Å². The lowest BCUT2D eigenvalue weighted by molar-refractivity contribution is 0.153. The third-order valence-electron chi connectivity index (χ3n) is 3.73. The number of ether oxygens (including phenoxy) is 1. The minimum atomic E-state index is 0. The normalized spacial score (nSPS) is 15.6. The number of hydrogen-bond donors (Lipinski definition) is 2. The van der Waals surface area contributed by atoms with E-state index in [1.807, 2.05) is 7.05 Å². The van der Waals surface area contributed by atoms with Gasteiger partial charge in [0.25, 0.3) is 0 Å². The molecule has 0 saturated carbocycles. The van der Waals surface area contributed by atoms with Crippen LogP contribution in [0.5, 0.6) is 0 Å². The van der Waals surface area contributed by atoms with Crippen molar-refractivity contribution in [3.8, 4) is 0 Å². The molecule has 4 nitrogen and oxygen atoms in total. The third kappa shape index (κ3) is 8.09. The Labute approximate surface area is 140 Å². The topological polar surface area (TPSA) is 45.7 Å². The fourth-order valence-corrected chi connectivity index (χ4v) is 2.17. The zero-order valence-corrected chi connectivity index (χ0v) is 15.4. The number of rotatable bonds is 7. The Morgan fingerprint density at radius 1 is 1.35 bits per heavy atom. The van der Waals surface area contributed by atoms with Gasteiger partial charge >= 0.3 is 0 Å². The molecular formula is C15H30IN3O. The van der Waals surface area contributed by atoms with E-state index in [0.29, 0.717) is 0 Å². The molecule has 1 rings (SSSR count). The predicted octanol–water partition coefficient (Wildman–Crippen LogP) is 2.94. The zero-order chi connectivity index (χ0) is 13.9. The van der Waals surface area contributed by atoms with E-state index in [-0.39, 0.29) is 24.0 Å². The molecule has 20 heavy (non-hydrogen) atoms. The Balaban J connectivity index is 0.00000361. The molecule has 2 N–H and O–H groups in total. The number of hydrogen-bond acceptors (Lipinski definition) is 2. The fraction of sp³-hybridized carbons (Fsp3) is 0.800. The Kier molecular flexibility index (Phi) is 12.3. The lowest BCUT2D eigenvalue weighted by Gasteiger charge is -2.18. The van der Waals surface area contributed by atoms with Crippen molar-refractivity contribution in [1.29, 1.82) is 0 Å². The molecule has 0 bridgehead atoms. The van der Waals surface area contributed by atoms with Crippen LogP contribution in [0.4, 0.5) is 0 Å². The first-order valence-electron chi connectivity index (χ1n) is 7.50. The average Bonchev–Trinajstić information content (AvgIpc) is 2.47. The summed E-state index contributed by atoms with van der Waals surface area (Å²) in [7, 11) is 1.83. The summed E-state index contributed by atoms with van der Waals surface area (Å²) in [6, 6.07) is 0. The van der Waals surface area contributed by atoms with Gasteiger partial charge in [-0.2, -0.15) is 0 Å². The van der Waals surface area contributed by atoms with Crippen molar-refractivity contribution in [2.75, 3.05) is 33.4 Å². The van der Waals surface area contributed by atoms with Gasteiger partial charge in [0.2, 0.25) is 0 Å². The van der Waals surface area contributed by atoms with E-state index in [9.17, 15) is 0 Å². The van der Waals surface area contributed by atoms with Gasteiger partial charge < -0.3 is 15.4 Å². The van der Waals surface area contributed by atoms with Crippen LogP contribution < -0.4 is 10.6 Å². The molecule has 0 aromatic rings. The summed E-state index contributed by atoms with van der Waals surface area (Å²) in [5.41, 5.74) is 1.49. The molecule has 0 aromatic carbocycles. The average molecular weight is 395 g/mol. The molecule has 1 aliphatic heterocycles. The summed E-state index contributed by atoms with van der Waals surface area (Å²) in [6.45, 7) is 8.06. The van der Waals surface area contributed by atoms with E-state index in [2.05, 4.69) is 35.5 Å². The van der Waals surface area contributed by atoms with Crippen LogP contribution in [-0.2, 0) is 4.74 Å². The first-order valence-corrected chi connectivity index (χ1v) is 7.50. The smallest absolute Gasteiger partial charge is 0.190 e. The van der Waals surface area contributed by atoms with E-state index in [4.69, 9.17) is 4.74 Å². The molecule has 0 saturated heterocycles. The van der Waals surface area contributed by atoms with E-state index in [0.717, 1.165) is 51.0 Å². The van der Waals surface area contributed by atoms with Crippen LogP contribution in [0.3, 0.4) is 0 Å². The summed E-state index contributed by atoms with van der Waals surface area (Å²) in [5.74, 6) is 1.65. The van der Waals surface area contributed by atoms with Crippen LogP contribution in [0.25, 0.3) is 0 Å². The highest BCUT2D eigenvalue weighted by molar-refractivity contribution is 14.0. The second-order valence-electron chi connectivity index (χ2n) is 5.00. The maximum absolute atomic E-state index is 5.31. The van der Waals surface area contributed by atoms with Gasteiger partial charge in [-0.25, -0.2) is 0 Å². The van der Waals surface area contributed by atoms with Crippen LogP contribution in [0.2, 0.25) is 0 Å². The SMILES string of the molecule is CCC(CC)CNC(=NC)NCCC1=CCOCC1.I. The highest BCUT2D eigenvalue weighted by atomic mass is 127. The molecule has 0 amide bonds. The zero-order valence-electron chi connectivity index (χ0n) is 13.1. The van der Waals surface area contributed by atoms with Crippen molar-refractivity contribution in [2.45, 2.75) is 39.5 Å². The number of halogens is 1.